The Kier molecular flexibility index (Phi) is 5.90. The van der Waals surface area contributed by atoms with Crippen LogP contribution in [0.2, 0.25) is 0 Å². The highest BCUT2D eigenvalue weighted by Crippen LogP contribution is 2.23. The van der Waals surface area contributed by atoms with Crippen LogP contribution < -0.4 is 16.0 Å². The minimum absolute atomic E-state index is 0.105. The van der Waals surface area contributed by atoms with Crippen LogP contribution in [0.5, 0.6) is 0 Å². The van der Waals surface area contributed by atoms with Gasteiger partial charge in [0.05, 0.1) is 23.6 Å². The number of aromatic amines is 1. The molecule has 0 bridgehead atoms. The van der Waals surface area contributed by atoms with E-state index in [1.807, 2.05) is 37.3 Å². The van der Waals surface area contributed by atoms with Crippen molar-refractivity contribution in [2.75, 3.05) is 30.4 Å². The van der Waals surface area contributed by atoms with Crippen molar-refractivity contribution < 1.29 is 9.53 Å². The summed E-state index contributed by atoms with van der Waals surface area (Å²) in [4.78, 5) is 16.7. The van der Waals surface area contributed by atoms with Gasteiger partial charge in [-0.1, -0.05) is 30.3 Å². The number of nitrogens with one attached hydrogen (secondary N) is 4. The van der Waals surface area contributed by atoms with Crippen molar-refractivity contribution in [1.82, 2.24) is 20.5 Å². The van der Waals surface area contributed by atoms with E-state index in [4.69, 9.17) is 4.74 Å². The lowest BCUT2D eigenvalue weighted by molar-refractivity contribution is 0.0595. The van der Waals surface area contributed by atoms with Crippen molar-refractivity contribution in [3.63, 3.8) is 0 Å². The molecule has 8 heteroatoms. The van der Waals surface area contributed by atoms with Crippen molar-refractivity contribution in [3.8, 4) is 0 Å². The molecule has 29 heavy (non-hydrogen) atoms. The Hall–Kier alpha value is -3.13. The molecule has 1 aliphatic rings. The first-order valence-corrected chi connectivity index (χ1v) is 9.97. The molecule has 1 saturated heterocycles. The fourth-order valence-corrected chi connectivity index (χ4v) is 3.50. The highest BCUT2D eigenvalue weighted by atomic mass is 16.5. The average molecular weight is 394 g/mol. The van der Waals surface area contributed by atoms with E-state index in [2.05, 4.69) is 31.1 Å². The molecule has 2 atom stereocenters. The molecule has 4 N–H and O–H groups in total. The summed E-state index contributed by atoms with van der Waals surface area (Å²) in [6.07, 6.45) is 3.99. The smallest absolute Gasteiger partial charge is 0.320 e. The number of hydrogen-bond acceptors (Lipinski definition) is 5. The van der Waals surface area contributed by atoms with Gasteiger partial charge in [-0.25, -0.2) is 9.78 Å². The second-order valence-corrected chi connectivity index (χ2v) is 7.38. The zero-order valence-corrected chi connectivity index (χ0v) is 16.4. The molecule has 2 aromatic heterocycles. The van der Waals surface area contributed by atoms with Gasteiger partial charge in [-0.15, -0.1) is 0 Å². The van der Waals surface area contributed by atoms with Crippen molar-refractivity contribution in [2.45, 2.75) is 25.8 Å². The summed E-state index contributed by atoms with van der Waals surface area (Å²) < 4.78 is 5.52. The summed E-state index contributed by atoms with van der Waals surface area (Å²) in [6, 6.07) is 11.2. The van der Waals surface area contributed by atoms with Gasteiger partial charge >= 0.3 is 6.03 Å². The van der Waals surface area contributed by atoms with Crippen LogP contribution in [0.1, 0.15) is 31.4 Å². The van der Waals surface area contributed by atoms with Crippen LogP contribution in [0.25, 0.3) is 10.9 Å². The van der Waals surface area contributed by atoms with Crippen LogP contribution in [0.3, 0.4) is 0 Å². The zero-order valence-electron chi connectivity index (χ0n) is 16.4. The maximum absolute atomic E-state index is 12.3. The number of benzene rings is 1. The fourth-order valence-electron chi connectivity index (χ4n) is 3.50. The van der Waals surface area contributed by atoms with Gasteiger partial charge in [0.1, 0.15) is 5.82 Å². The number of carbonyl (C=O) groups excluding carboxylic acids is 1. The SMILES string of the molecule is C[C@@H](NC(=O)Nc1cc2[nH]nc(NCC3CCCOC3)c2cn1)c1ccccc1. The molecule has 4 rings (SSSR count). The number of amides is 2. The Bertz CT molecular complexity index is 952. The number of hydrogen-bond donors (Lipinski definition) is 4. The number of H-pyrrole nitrogens is 1. The summed E-state index contributed by atoms with van der Waals surface area (Å²) in [5.74, 6) is 1.73. The second-order valence-electron chi connectivity index (χ2n) is 7.38. The molecule has 0 spiro atoms. The first-order chi connectivity index (χ1) is 14.2. The quantitative estimate of drug-likeness (QED) is 0.511. The number of fused-ring (bicyclic) bond motifs is 1. The van der Waals surface area contributed by atoms with E-state index >= 15 is 0 Å². The van der Waals surface area contributed by atoms with Gasteiger partial charge in [-0.3, -0.25) is 10.4 Å². The van der Waals surface area contributed by atoms with E-state index in [9.17, 15) is 4.79 Å². The lowest BCUT2D eigenvalue weighted by atomic mass is 10.0. The summed E-state index contributed by atoms with van der Waals surface area (Å²) >= 11 is 0. The lowest BCUT2D eigenvalue weighted by Gasteiger charge is -2.22. The fraction of sp³-hybridized carbons (Fsp3) is 0.381. The molecule has 0 aliphatic carbocycles. The highest BCUT2D eigenvalue weighted by Gasteiger charge is 2.16. The van der Waals surface area contributed by atoms with E-state index < -0.39 is 0 Å². The van der Waals surface area contributed by atoms with Gasteiger partial charge in [0.25, 0.3) is 0 Å². The van der Waals surface area contributed by atoms with Crippen LogP contribution >= 0.6 is 0 Å². The number of ether oxygens (including phenoxy) is 1. The largest absolute Gasteiger partial charge is 0.381 e. The number of rotatable bonds is 6. The number of aromatic nitrogens is 3. The third-order valence-electron chi connectivity index (χ3n) is 5.15. The molecular weight excluding hydrogens is 368 g/mol. The van der Waals surface area contributed by atoms with E-state index in [0.29, 0.717) is 11.7 Å². The zero-order chi connectivity index (χ0) is 20.1. The predicted octanol–water partition coefficient (Wildman–Crippen LogP) is 3.68. The molecule has 0 radical (unpaired) electrons. The molecule has 1 fully saturated rings. The maximum atomic E-state index is 12.3. The molecule has 152 valence electrons. The molecule has 1 aromatic carbocycles. The molecule has 1 unspecified atom stereocenters. The topological polar surface area (TPSA) is 104 Å². The molecule has 8 nitrogen and oxygen atoms in total. The molecule has 0 saturated carbocycles. The number of carbonyl (C=O) groups is 1. The van der Waals surface area contributed by atoms with Crippen LogP contribution in [0, 0.1) is 5.92 Å². The minimum atomic E-state index is -0.302. The number of anilines is 2. The second kappa shape index (κ2) is 8.91. The summed E-state index contributed by atoms with van der Waals surface area (Å²) in [6.45, 7) is 4.41. The summed E-state index contributed by atoms with van der Waals surface area (Å²) in [5, 5.41) is 17.3. The average Bonchev–Trinajstić information content (AvgIpc) is 3.15. The van der Waals surface area contributed by atoms with Crippen LogP contribution in [0.4, 0.5) is 16.4 Å². The number of nitrogens with zero attached hydrogens (tertiary/aromatic N) is 2. The van der Waals surface area contributed by atoms with Gasteiger partial charge in [0.15, 0.2) is 5.82 Å². The Labute approximate surface area is 169 Å². The number of pyridine rings is 1. The Morgan fingerprint density at radius 1 is 1.34 bits per heavy atom. The maximum Gasteiger partial charge on any atom is 0.320 e. The predicted molar refractivity (Wildman–Crippen MR) is 113 cm³/mol. The number of urea groups is 1. The molecular formula is C21H26N6O2. The minimum Gasteiger partial charge on any atom is -0.381 e. The standard InChI is InChI=1S/C21H26N6O2/c1-14(16-7-3-2-4-8-16)24-21(28)25-19-10-18-17(12-22-19)20(27-26-18)23-11-15-6-5-9-29-13-15/h2-4,7-8,10,12,14-15H,5-6,9,11,13H2,1H3,(H2,23,26,27)(H2,22,24,25,28)/t14-,15?/m1/s1. The highest BCUT2D eigenvalue weighted by molar-refractivity contribution is 5.94. The normalized spacial score (nSPS) is 17.6. The molecule has 1 aliphatic heterocycles. The van der Waals surface area contributed by atoms with Crippen molar-refractivity contribution in [1.29, 1.82) is 0 Å². The lowest BCUT2D eigenvalue weighted by Crippen LogP contribution is -2.31. The van der Waals surface area contributed by atoms with Crippen molar-refractivity contribution in [3.05, 3.63) is 48.2 Å². The Morgan fingerprint density at radius 2 is 2.21 bits per heavy atom. The van der Waals surface area contributed by atoms with Crippen molar-refractivity contribution in [2.24, 2.45) is 5.92 Å². The first kappa shape index (κ1) is 19.2. The van der Waals surface area contributed by atoms with Gasteiger partial charge in [0.2, 0.25) is 0 Å². The summed E-state index contributed by atoms with van der Waals surface area (Å²) in [5.41, 5.74) is 1.85. The van der Waals surface area contributed by atoms with E-state index in [0.717, 1.165) is 54.9 Å². The van der Waals surface area contributed by atoms with Gasteiger partial charge < -0.3 is 15.4 Å². The first-order valence-electron chi connectivity index (χ1n) is 9.97. The van der Waals surface area contributed by atoms with Crippen molar-refractivity contribution >= 4 is 28.6 Å². The van der Waals surface area contributed by atoms with Crippen LogP contribution in [0.15, 0.2) is 42.6 Å². The molecule has 3 heterocycles. The summed E-state index contributed by atoms with van der Waals surface area (Å²) in [7, 11) is 0. The molecule has 3 aromatic rings. The van der Waals surface area contributed by atoms with E-state index in [-0.39, 0.29) is 12.1 Å². The van der Waals surface area contributed by atoms with Crippen LogP contribution in [-0.4, -0.2) is 41.0 Å². The van der Waals surface area contributed by atoms with E-state index in [1.54, 1.807) is 12.3 Å². The Balaban J connectivity index is 1.35. The van der Waals surface area contributed by atoms with Gasteiger partial charge in [-0.2, -0.15) is 5.10 Å². The van der Waals surface area contributed by atoms with Gasteiger partial charge in [-0.05, 0) is 31.2 Å². The van der Waals surface area contributed by atoms with E-state index in [1.165, 1.54) is 0 Å². The van der Waals surface area contributed by atoms with Gasteiger partial charge in [0, 0.05) is 25.4 Å². The van der Waals surface area contributed by atoms with Crippen LogP contribution in [-0.2, 0) is 4.74 Å². The Morgan fingerprint density at radius 3 is 3.00 bits per heavy atom. The third kappa shape index (κ3) is 4.83. The third-order valence-corrected chi connectivity index (χ3v) is 5.15. The monoisotopic (exact) mass is 394 g/mol. The molecule has 2 amide bonds.